The standard InChI is InChI=1S/C12H8BrClN4/c13-8-1-2-11(9(14)4-8)18-12-10(16)3-7(5-15)6-17-12/h1-4,6H,16H2,(H,17,18). The minimum Gasteiger partial charge on any atom is -0.396 e. The number of aromatic nitrogens is 1. The number of anilines is 3. The lowest BCUT2D eigenvalue weighted by Crippen LogP contribution is -2.00. The summed E-state index contributed by atoms with van der Waals surface area (Å²) in [5.74, 6) is 0.471. The molecule has 0 saturated carbocycles. The Bertz CT molecular complexity index is 636. The van der Waals surface area contributed by atoms with Crippen molar-refractivity contribution in [1.29, 1.82) is 5.26 Å². The summed E-state index contributed by atoms with van der Waals surface area (Å²) in [5.41, 5.74) is 7.31. The summed E-state index contributed by atoms with van der Waals surface area (Å²) in [6, 6.07) is 8.97. The number of nitrogens with zero attached hydrogens (tertiary/aromatic N) is 2. The molecule has 0 unspecified atom stereocenters. The van der Waals surface area contributed by atoms with Crippen LogP contribution in [0.4, 0.5) is 17.2 Å². The molecule has 4 nitrogen and oxygen atoms in total. The molecule has 1 aromatic carbocycles. The normalized spacial score (nSPS) is 9.83. The molecule has 0 atom stereocenters. The molecule has 0 aliphatic heterocycles. The highest BCUT2D eigenvalue weighted by Gasteiger charge is 2.06. The minimum absolute atomic E-state index is 0.396. The molecular weight excluding hydrogens is 316 g/mol. The summed E-state index contributed by atoms with van der Waals surface area (Å²) in [5, 5.41) is 12.3. The summed E-state index contributed by atoms with van der Waals surface area (Å²) < 4.78 is 0.888. The number of halogens is 2. The van der Waals surface area contributed by atoms with Crippen LogP contribution in [0.25, 0.3) is 0 Å². The van der Waals surface area contributed by atoms with Gasteiger partial charge in [0.15, 0.2) is 5.82 Å². The van der Waals surface area contributed by atoms with E-state index in [2.05, 4.69) is 26.2 Å². The number of hydrogen-bond donors (Lipinski definition) is 2. The first-order valence-corrected chi connectivity index (χ1v) is 6.15. The highest BCUT2D eigenvalue weighted by atomic mass is 79.9. The van der Waals surface area contributed by atoms with Crippen LogP contribution in [0, 0.1) is 11.3 Å². The van der Waals surface area contributed by atoms with Crippen molar-refractivity contribution in [2.24, 2.45) is 0 Å². The minimum atomic E-state index is 0.396. The van der Waals surface area contributed by atoms with Gasteiger partial charge in [-0.2, -0.15) is 5.26 Å². The van der Waals surface area contributed by atoms with E-state index in [1.54, 1.807) is 12.1 Å². The van der Waals surface area contributed by atoms with Gasteiger partial charge < -0.3 is 11.1 Å². The Morgan fingerprint density at radius 1 is 1.39 bits per heavy atom. The Kier molecular flexibility index (Phi) is 3.70. The zero-order valence-electron chi connectivity index (χ0n) is 9.11. The average Bonchev–Trinajstić information content (AvgIpc) is 2.34. The van der Waals surface area contributed by atoms with Crippen LogP contribution >= 0.6 is 27.5 Å². The van der Waals surface area contributed by atoms with Crippen molar-refractivity contribution >= 4 is 44.7 Å². The zero-order chi connectivity index (χ0) is 13.1. The first-order valence-electron chi connectivity index (χ1n) is 4.98. The van der Waals surface area contributed by atoms with Crippen LogP contribution in [0.5, 0.6) is 0 Å². The Labute approximate surface area is 118 Å². The largest absolute Gasteiger partial charge is 0.396 e. The predicted octanol–water partition coefficient (Wildman–Crippen LogP) is 3.69. The van der Waals surface area contributed by atoms with Crippen molar-refractivity contribution in [3.63, 3.8) is 0 Å². The van der Waals surface area contributed by atoms with E-state index in [9.17, 15) is 0 Å². The molecule has 2 aromatic rings. The third-order valence-corrected chi connectivity index (χ3v) is 3.04. The third kappa shape index (κ3) is 2.73. The smallest absolute Gasteiger partial charge is 0.153 e. The molecule has 18 heavy (non-hydrogen) atoms. The van der Waals surface area contributed by atoms with Crippen molar-refractivity contribution < 1.29 is 0 Å². The number of benzene rings is 1. The molecule has 3 N–H and O–H groups in total. The van der Waals surface area contributed by atoms with Crippen molar-refractivity contribution in [1.82, 2.24) is 4.98 Å². The van der Waals surface area contributed by atoms with E-state index in [4.69, 9.17) is 22.6 Å². The Morgan fingerprint density at radius 3 is 2.78 bits per heavy atom. The molecular formula is C12H8BrClN4. The van der Waals surface area contributed by atoms with E-state index in [-0.39, 0.29) is 0 Å². The molecule has 0 fully saturated rings. The van der Waals surface area contributed by atoms with Gasteiger partial charge in [0.1, 0.15) is 6.07 Å². The summed E-state index contributed by atoms with van der Waals surface area (Å²) >= 11 is 9.40. The number of rotatable bonds is 2. The molecule has 0 spiro atoms. The van der Waals surface area contributed by atoms with Crippen molar-refractivity contribution in [3.8, 4) is 6.07 Å². The van der Waals surface area contributed by atoms with Crippen LogP contribution < -0.4 is 11.1 Å². The van der Waals surface area contributed by atoms with Crippen LogP contribution in [0.2, 0.25) is 5.02 Å². The van der Waals surface area contributed by atoms with Gasteiger partial charge in [0.05, 0.1) is 22.0 Å². The van der Waals surface area contributed by atoms with E-state index >= 15 is 0 Å². The summed E-state index contributed by atoms with van der Waals surface area (Å²) in [6.45, 7) is 0. The highest BCUT2D eigenvalue weighted by molar-refractivity contribution is 9.10. The quantitative estimate of drug-likeness (QED) is 0.883. The fraction of sp³-hybridized carbons (Fsp3) is 0. The van der Waals surface area contributed by atoms with E-state index in [0.717, 1.165) is 4.47 Å². The van der Waals surface area contributed by atoms with E-state index < -0.39 is 0 Å². The lowest BCUT2D eigenvalue weighted by molar-refractivity contribution is 1.29. The topological polar surface area (TPSA) is 74.7 Å². The molecule has 1 heterocycles. The van der Waals surface area contributed by atoms with Gasteiger partial charge >= 0.3 is 0 Å². The summed E-state index contributed by atoms with van der Waals surface area (Å²) in [6.07, 6.45) is 1.45. The fourth-order valence-corrected chi connectivity index (χ4v) is 2.09. The molecule has 1 aromatic heterocycles. The van der Waals surface area contributed by atoms with E-state index in [1.165, 1.54) is 6.20 Å². The molecule has 0 amide bonds. The van der Waals surface area contributed by atoms with Gasteiger partial charge in [-0.1, -0.05) is 27.5 Å². The van der Waals surface area contributed by atoms with Crippen LogP contribution in [-0.4, -0.2) is 4.98 Å². The number of nitriles is 1. The number of nitrogens with one attached hydrogen (secondary N) is 1. The second-order valence-electron chi connectivity index (χ2n) is 3.52. The summed E-state index contributed by atoms with van der Waals surface area (Å²) in [7, 11) is 0. The fourth-order valence-electron chi connectivity index (χ4n) is 1.37. The second-order valence-corrected chi connectivity index (χ2v) is 4.85. The third-order valence-electron chi connectivity index (χ3n) is 2.23. The van der Waals surface area contributed by atoms with Gasteiger partial charge in [0.2, 0.25) is 0 Å². The maximum absolute atomic E-state index is 8.73. The van der Waals surface area contributed by atoms with Gasteiger partial charge in [0.25, 0.3) is 0 Å². The monoisotopic (exact) mass is 322 g/mol. The molecule has 2 rings (SSSR count). The predicted molar refractivity (Wildman–Crippen MR) is 75.8 cm³/mol. The molecule has 0 bridgehead atoms. The van der Waals surface area contributed by atoms with Gasteiger partial charge in [-0.25, -0.2) is 4.98 Å². The van der Waals surface area contributed by atoms with Crippen LogP contribution in [0.3, 0.4) is 0 Å². The average molecular weight is 324 g/mol. The first kappa shape index (κ1) is 12.7. The second kappa shape index (κ2) is 5.25. The molecule has 0 saturated heterocycles. The number of pyridine rings is 1. The molecule has 0 aliphatic rings. The van der Waals surface area contributed by atoms with Crippen LogP contribution in [0.1, 0.15) is 5.56 Å². The van der Waals surface area contributed by atoms with E-state index in [1.807, 2.05) is 18.2 Å². The Morgan fingerprint density at radius 2 is 2.17 bits per heavy atom. The number of hydrogen-bond acceptors (Lipinski definition) is 4. The first-order chi connectivity index (χ1) is 8.60. The number of nitrogen functional groups attached to an aromatic ring is 1. The van der Waals surface area contributed by atoms with Crippen molar-refractivity contribution in [3.05, 3.63) is 45.5 Å². The molecule has 0 radical (unpaired) electrons. The lowest BCUT2D eigenvalue weighted by atomic mass is 10.2. The van der Waals surface area contributed by atoms with Gasteiger partial charge in [-0.15, -0.1) is 0 Å². The molecule has 0 aliphatic carbocycles. The highest BCUT2D eigenvalue weighted by Crippen LogP contribution is 2.29. The van der Waals surface area contributed by atoms with Crippen LogP contribution in [0.15, 0.2) is 34.9 Å². The summed E-state index contributed by atoms with van der Waals surface area (Å²) in [4.78, 5) is 4.08. The maximum Gasteiger partial charge on any atom is 0.153 e. The Hall–Kier alpha value is -1.77. The van der Waals surface area contributed by atoms with Crippen LogP contribution in [-0.2, 0) is 0 Å². The van der Waals surface area contributed by atoms with Crippen molar-refractivity contribution in [2.75, 3.05) is 11.1 Å². The van der Waals surface area contributed by atoms with Gasteiger partial charge in [-0.05, 0) is 24.3 Å². The molecule has 90 valence electrons. The molecule has 6 heteroatoms. The van der Waals surface area contributed by atoms with Gasteiger partial charge in [-0.3, -0.25) is 0 Å². The van der Waals surface area contributed by atoms with E-state index in [0.29, 0.717) is 27.8 Å². The van der Waals surface area contributed by atoms with Crippen molar-refractivity contribution in [2.45, 2.75) is 0 Å². The Balaban J connectivity index is 2.32. The van der Waals surface area contributed by atoms with Gasteiger partial charge in [0, 0.05) is 10.7 Å². The zero-order valence-corrected chi connectivity index (χ0v) is 11.5. The maximum atomic E-state index is 8.73. The SMILES string of the molecule is N#Cc1cnc(Nc2ccc(Br)cc2Cl)c(N)c1. The number of nitrogens with two attached hydrogens (primary N) is 1. The lowest BCUT2D eigenvalue weighted by Gasteiger charge is -2.10.